The lowest BCUT2D eigenvalue weighted by Gasteiger charge is -2.14. The average molecular weight is 441 g/mol. The number of esters is 2. The van der Waals surface area contributed by atoms with Crippen molar-refractivity contribution in [2.24, 2.45) is 0 Å². The molecule has 9 nitrogen and oxygen atoms in total. The van der Waals surface area contributed by atoms with Crippen LogP contribution < -0.4 is 5.32 Å². The summed E-state index contributed by atoms with van der Waals surface area (Å²) < 4.78 is 9.55. The van der Waals surface area contributed by atoms with Crippen molar-refractivity contribution in [1.29, 1.82) is 0 Å². The summed E-state index contributed by atoms with van der Waals surface area (Å²) in [7, 11) is 1.09. The molecule has 29 heavy (non-hydrogen) atoms. The summed E-state index contributed by atoms with van der Waals surface area (Å²) in [5.41, 5.74) is -0.797. The van der Waals surface area contributed by atoms with E-state index in [0.29, 0.717) is 5.02 Å². The van der Waals surface area contributed by atoms with Crippen LogP contribution in [0.1, 0.15) is 27.6 Å². The summed E-state index contributed by atoms with van der Waals surface area (Å²) in [6, 6.07) is 7.38. The van der Waals surface area contributed by atoms with Crippen LogP contribution in [0.25, 0.3) is 0 Å². The van der Waals surface area contributed by atoms with Crippen LogP contribution in [-0.2, 0) is 14.3 Å². The fourth-order valence-electron chi connectivity index (χ4n) is 2.18. The smallest absolute Gasteiger partial charge is 0.339 e. The molecule has 1 amide bonds. The lowest BCUT2D eigenvalue weighted by molar-refractivity contribution is -0.384. The molecule has 0 fully saturated rings. The Kier molecular flexibility index (Phi) is 7.13. The van der Waals surface area contributed by atoms with Crippen LogP contribution >= 0.6 is 23.2 Å². The molecule has 0 heterocycles. The minimum atomic E-state index is -1.28. The molecule has 0 aliphatic carbocycles. The summed E-state index contributed by atoms with van der Waals surface area (Å²) in [5.74, 6) is -2.62. The number of nitrogens with one attached hydrogen (secondary N) is 1. The molecule has 2 rings (SSSR count). The third-order valence-electron chi connectivity index (χ3n) is 3.62. The first-order valence-electron chi connectivity index (χ1n) is 7.97. The van der Waals surface area contributed by atoms with E-state index in [-0.39, 0.29) is 21.8 Å². The number of benzene rings is 2. The summed E-state index contributed by atoms with van der Waals surface area (Å²) in [6.45, 7) is 1.30. The van der Waals surface area contributed by atoms with Crippen LogP contribution in [0, 0.1) is 10.1 Å². The van der Waals surface area contributed by atoms with Gasteiger partial charge < -0.3 is 14.8 Å². The van der Waals surface area contributed by atoms with Crippen molar-refractivity contribution in [2.45, 2.75) is 13.0 Å². The molecule has 0 aliphatic rings. The second kappa shape index (κ2) is 9.35. The highest BCUT2D eigenvalue weighted by atomic mass is 35.5. The Morgan fingerprint density at radius 3 is 2.28 bits per heavy atom. The van der Waals surface area contributed by atoms with Gasteiger partial charge in [0.1, 0.15) is 0 Å². The van der Waals surface area contributed by atoms with Gasteiger partial charge in [0.25, 0.3) is 11.6 Å². The minimum absolute atomic E-state index is 0.212. The van der Waals surface area contributed by atoms with Crippen LogP contribution in [0.3, 0.4) is 0 Å². The molecular weight excluding hydrogens is 427 g/mol. The standard InChI is InChI=1S/C18H14Cl2N2O7/c1-9(16(23)21-15-8-12(19)3-4-14(15)20)29-18(25)11-5-10(17(24)28-2)6-13(7-11)22(26)27/h3-9H,1-2H3,(H,21,23). The molecule has 0 radical (unpaired) electrons. The molecule has 0 aliphatic heterocycles. The average Bonchev–Trinajstić information content (AvgIpc) is 2.69. The maximum absolute atomic E-state index is 12.3. The van der Waals surface area contributed by atoms with Crippen LogP contribution in [-0.4, -0.2) is 36.0 Å². The molecule has 2 aromatic carbocycles. The Morgan fingerprint density at radius 1 is 1.07 bits per heavy atom. The molecule has 0 spiro atoms. The Balaban J connectivity index is 2.19. The first-order chi connectivity index (χ1) is 13.6. The molecule has 0 bridgehead atoms. The number of non-ortho nitro benzene ring substituents is 1. The Morgan fingerprint density at radius 2 is 1.69 bits per heavy atom. The summed E-state index contributed by atoms with van der Waals surface area (Å²) in [4.78, 5) is 46.6. The van der Waals surface area contributed by atoms with E-state index in [1.807, 2.05) is 0 Å². The van der Waals surface area contributed by atoms with Gasteiger partial charge in [0.05, 0.1) is 33.9 Å². The van der Waals surface area contributed by atoms with Gasteiger partial charge in [-0.1, -0.05) is 23.2 Å². The van der Waals surface area contributed by atoms with Gasteiger partial charge in [-0.2, -0.15) is 0 Å². The highest BCUT2D eigenvalue weighted by Gasteiger charge is 2.23. The molecule has 0 saturated heterocycles. The first-order valence-corrected chi connectivity index (χ1v) is 8.72. The van der Waals surface area contributed by atoms with E-state index in [1.54, 1.807) is 0 Å². The SMILES string of the molecule is COC(=O)c1cc(C(=O)OC(C)C(=O)Nc2cc(Cl)ccc2Cl)cc([N+](=O)[O-])c1. The lowest BCUT2D eigenvalue weighted by atomic mass is 10.1. The number of carbonyl (C=O) groups excluding carboxylic acids is 3. The highest BCUT2D eigenvalue weighted by Crippen LogP contribution is 2.26. The van der Waals surface area contributed by atoms with E-state index in [0.717, 1.165) is 25.3 Å². The van der Waals surface area contributed by atoms with Gasteiger partial charge in [-0.05, 0) is 31.2 Å². The summed E-state index contributed by atoms with van der Waals surface area (Å²) in [5, 5.41) is 14.1. The maximum atomic E-state index is 12.3. The fraction of sp³-hybridized carbons (Fsp3) is 0.167. The number of anilines is 1. The zero-order valence-electron chi connectivity index (χ0n) is 15.1. The van der Waals surface area contributed by atoms with Gasteiger partial charge in [-0.3, -0.25) is 14.9 Å². The van der Waals surface area contributed by atoms with Crippen molar-refractivity contribution in [3.63, 3.8) is 0 Å². The first kappa shape index (κ1) is 22.1. The van der Waals surface area contributed by atoms with Gasteiger partial charge in [0.2, 0.25) is 0 Å². The largest absolute Gasteiger partial charge is 0.465 e. The van der Waals surface area contributed by atoms with Crippen LogP contribution in [0.2, 0.25) is 10.0 Å². The van der Waals surface area contributed by atoms with Crippen molar-refractivity contribution < 1.29 is 28.8 Å². The number of halogens is 2. The van der Waals surface area contributed by atoms with Crippen molar-refractivity contribution in [3.8, 4) is 0 Å². The minimum Gasteiger partial charge on any atom is -0.465 e. The van der Waals surface area contributed by atoms with Crippen molar-refractivity contribution >= 4 is 52.4 Å². The fourth-order valence-corrected chi connectivity index (χ4v) is 2.52. The van der Waals surface area contributed by atoms with Gasteiger partial charge in [-0.25, -0.2) is 9.59 Å². The number of methoxy groups -OCH3 is 1. The number of hydrogen-bond donors (Lipinski definition) is 1. The van der Waals surface area contributed by atoms with Crippen molar-refractivity contribution in [1.82, 2.24) is 0 Å². The third kappa shape index (κ3) is 5.66. The number of hydrogen-bond acceptors (Lipinski definition) is 7. The number of amides is 1. The van der Waals surface area contributed by atoms with E-state index < -0.39 is 34.6 Å². The second-order valence-corrected chi connectivity index (χ2v) is 6.52. The molecule has 0 saturated carbocycles. The van der Waals surface area contributed by atoms with Gasteiger partial charge in [0.15, 0.2) is 6.10 Å². The zero-order valence-corrected chi connectivity index (χ0v) is 16.6. The monoisotopic (exact) mass is 440 g/mol. The van der Waals surface area contributed by atoms with Crippen molar-refractivity contribution in [2.75, 3.05) is 12.4 Å². The van der Waals surface area contributed by atoms with Crippen molar-refractivity contribution in [3.05, 3.63) is 67.7 Å². The highest BCUT2D eigenvalue weighted by molar-refractivity contribution is 6.35. The zero-order chi connectivity index (χ0) is 21.7. The summed E-state index contributed by atoms with van der Waals surface area (Å²) >= 11 is 11.8. The molecule has 11 heteroatoms. The number of nitrogens with zero attached hydrogens (tertiary/aromatic N) is 1. The molecule has 152 valence electrons. The van der Waals surface area contributed by atoms with E-state index in [2.05, 4.69) is 10.1 Å². The lowest BCUT2D eigenvalue weighted by Crippen LogP contribution is -2.30. The van der Waals surface area contributed by atoms with E-state index in [9.17, 15) is 24.5 Å². The number of nitro benzene ring substituents is 1. The molecule has 1 N–H and O–H groups in total. The predicted molar refractivity (Wildman–Crippen MR) is 104 cm³/mol. The molecule has 1 atom stereocenters. The molecule has 2 aromatic rings. The number of carbonyl (C=O) groups is 3. The molecule has 1 unspecified atom stereocenters. The Bertz CT molecular complexity index is 994. The second-order valence-electron chi connectivity index (χ2n) is 5.68. The quantitative estimate of drug-likeness (QED) is 0.410. The van der Waals surface area contributed by atoms with E-state index >= 15 is 0 Å². The van der Waals surface area contributed by atoms with Crippen LogP contribution in [0.5, 0.6) is 0 Å². The number of ether oxygens (including phenoxy) is 2. The maximum Gasteiger partial charge on any atom is 0.339 e. The molecule has 0 aromatic heterocycles. The summed E-state index contributed by atoms with van der Waals surface area (Å²) in [6.07, 6.45) is -1.28. The Hall–Kier alpha value is -3.17. The Labute approximate surface area is 174 Å². The third-order valence-corrected chi connectivity index (χ3v) is 4.19. The van der Waals surface area contributed by atoms with E-state index in [4.69, 9.17) is 27.9 Å². The number of nitro groups is 1. The number of rotatable bonds is 6. The van der Waals surface area contributed by atoms with Gasteiger partial charge >= 0.3 is 11.9 Å². The van der Waals surface area contributed by atoms with Gasteiger partial charge in [-0.15, -0.1) is 0 Å². The predicted octanol–water partition coefficient (Wildman–Crippen LogP) is 3.87. The topological polar surface area (TPSA) is 125 Å². The molecular formula is C18H14Cl2N2O7. The van der Waals surface area contributed by atoms with Crippen LogP contribution in [0.15, 0.2) is 36.4 Å². The van der Waals surface area contributed by atoms with E-state index in [1.165, 1.54) is 25.1 Å². The van der Waals surface area contributed by atoms with Gasteiger partial charge in [0, 0.05) is 17.2 Å². The van der Waals surface area contributed by atoms with Crippen LogP contribution in [0.4, 0.5) is 11.4 Å². The normalized spacial score (nSPS) is 11.3.